The number of pyridine rings is 2. The first kappa shape index (κ1) is 13.2. The van der Waals surface area contributed by atoms with E-state index in [9.17, 15) is 0 Å². The summed E-state index contributed by atoms with van der Waals surface area (Å²) < 4.78 is 1.19. The van der Waals surface area contributed by atoms with Gasteiger partial charge in [0.05, 0.1) is 10.2 Å². The van der Waals surface area contributed by atoms with Gasteiger partial charge >= 0.3 is 0 Å². The Kier molecular flexibility index (Phi) is 3.76. The van der Waals surface area contributed by atoms with Crippen molar-refractivity contribution in [3.05, 3.63) is 58.9 Å². The highest BCUT2D eigenvalue weighted by Crippen LogP contribution is 2.23. The van der Waals surface area contributed by atoms with Crippen LogP contribution in [-0.2, 0) is 12.8 Å². The number of hydrogen-bond donors (Lipinski definition) is 1. The van der Waals surface area contributed by atoms with Crippen molar-refractivity contribution >= 4 is 21.6 Å². The number of nitrogens with two attached hydrogens (primary N) is 1. The Hall–Kier alpha value is -1.78. The molecule has 20 heavy (non-hydrogen) atoms. The summed E-state index contributed by atoms with van der Waals surface area (Å²) in [6.45, 7) is 2.13. The molecule has 0 spiro atoms. The van der Waals surface area contributed by atoms with Crippen LogP contribution in [0.15, 0.2) is 42.0 Å². The van der Waals surface area contributed by atoms with E-state index in [0.29, 0.717) is 0 Å². The maximum absolute atomic E-state index is 6.28. The molecule has 2 N–H and O–H groups in total. The summed E-state index contributed by atoms with van der Waals surface area (Å²) >= 11 is 1.70. The molecule has 0 aliphatic heterocycles. The van der Waals surface area contributed by atoms with Crippen LogP contribution in [0.3, 0.4) is 0 Å². The molecule has 0 amide bonds. The predicted octanol–water partition coefficient (Wildman–Crippen LogP) is 3.50. The van der Waals surface area contributed by atoms with Crippen molar-refractivity contribution in [2.75, 3.05) is 0 Å². The van der Waals surface area contributed by atoms with Crippen molar-refractivity contribution in [2.45, 2.75) is 25.8 Å². The topological polar surface area (TPSA) is 51.8 Å². The van der Waals surface area contributed by atoms with Gasteiger partial charge in [-0.25, -0.2) is 0 Å². The fourth-order valence-corrected chi connectivity index (χ4v) is 2.98. The molecule has 0 radical (unpaired) electrons. The van der Waals surface area contributed by atoms with Crippen molar-refractivity contribution in [3.63, 3.8) is 0 Å². The molecule has 0 aromatic carbocycles. The third kappa shape index (κ3) is 2.71. The molecule has 3 nitrogen and oxygen atoms in total. The molecule has 3 heterocycles. The lowest BCUT2D eigenvalue weighted by molar-refractivity contribution is 0.704. The van der Waals surface area contributed by atoms with E-state index in [-0.39, 0.29) is 6.04 Å². The van der Waals surface area contributed by atoms with E-state index in [4.69, 9.17) is 5.73 Å². The minimum atomic E-state index is -0.0611. The van der Waals surface area contributed by atoms with E-state index in [1.165, 1.54) is 10.3 Å². The highest BCUT2D eigenvalue weighted by molar-refractivity contribution is 7.17. The third-order valence-electron chi connectivity index (χ3n) is 3.48. The van der Waals surface area contributed by atoms with Crippen LogP contribution in [0, 0.1) is 0 Å². The van der Waals surface area contributed by atoms with Crippen LogP contribution < -0.4 is 5.73 Å². The highest BCUT2D eigenvalue weighted by atomic mass is 32.1. The SMILES string of the molecule is CCc1ccc(CC(N)c2cnc3ccsc3c2)nc1. The number of fused-ring (bicyclic) bond motifs is 1. The Morgan fingerprint density at radius 3 is 2.85 bits per heavy atom. The van der Waals surface area contributed by atoms with Gasteiger partial charge in [-0.05, 0) is 41.1 Å². The minimum absolute atomic E-state index is 0.0611. The zero-order valence-electron chi connectivity index (χ0n) is 11.4. The number of aromatic nitrogens is 2. The smallest absolute Gasteiger partial charge is 0.0809 e. The molecule has 0 saturated carbocycles. The molecule has 0 bridgehead atoms. The molecular formula is C16H17N3S. The van der Waals surface area contributed by atoms with Gasteiger partial charge in [0, 0.05) is 30.6 Å². The summed E-state index contributed by atoms with van der Waals surface area (Å²) in [5, 5.41) is 2.05. The van der Waals surface area contributed by atoms with Crippen molar-refractivity contribution in [2.24, 2.45) is 5.73 Å². The van der Waals surface area contributed by atoms with E-state index in [1.807, 2.05) is 18.5 Å². The van der Waals surface area contributed by atoms with Crippen LogP contribution in [0.5, 0.6) is 0 Å². The van der Waals surface area contributed by atoms with Gasteiger partial charge in [-0.15, -0.1) is 11.3 Å². The number of nitrogens with zero attached hydrogens (tertiary/aromatic N) is 2. The molecule has 1 unspecified atom stereocenters. The summed E-state index contributed by atoms with van der Waals surface area (Å²) in [5.74, 6) is 0. The van der Waals surface area contributed by atoms with Crippen LogP contribution in [0.4, 0.5) is 0 Å². The van der Waals surface area contributed by atoms with Gasteiger partial charge in [0.1, 0.15) is 0 Å². The average Bonchev–Trinajstić information content (AvgIpc) is 2.95. The second kappa shape index (κ2) is 5.69. The number of thiophene rings is 1. The monoisotopic (exact) mass is 283 g/mol. The Morgan fingerprint density at radius 1 is 1.20 bits per heavy atom. The summed E-state index contributed by atoms with van der Waals surface area (Å²) in [5.41, 5.74) is 10.7. The molecular weight excluding hydrogens is 266 g/mol. The quantitative estimate of drug-likeness (QED) is 0.797. The van der Waals surface area contributed by atoms with Gasteiger partial charge < -0.3 is 5.73 Å². The second-order valence-electron chi connectivity index (χ2n) is 4.89. The zero-order valence-corrected chi connectivity index (χ0v) is 12.2. The fraction of sp³-hybridized carbons (Fsp3) is 0.250. The van der Waals surface area contributed by atoms with Crippen molar-refractivity contribution in [1.29, 1.82) is 0 Å². The predicted molar refractivity (Wildman–Crippen MR) is 83.9 cm³/mol. The van der Waals surface area contributed by atoms with Gasteiger partial charge in [-0.3, -0.25) is 9.97 Å². The molecule has 102 valence electrons. The van der Waals surface area contributed by atoms with E-state index < -0.39 is 0 Å². The van der Waals surface area contributed by atoms with E-state index in [0.717, 1.165) is 29.6 Å². The lowest BCUT2D eigenvalue weighted by atomic mass is 10.0. The van der Waals surface area contributed by atoms with Crippen LogP contribution in [0.2, 0.25) is 0 Å². The van der Waals surface area contributed by atoms with Crippen LogP contribution >= 0.6 is 11.3 Å². The normalized spacial score (nSPS) is 12.7. The summed E-state index contributed by atoms with van der Waals surface area (Å²) in [7, 11) is 0. The van der Waals surface area contributed by atoms with Crippen LogP contribution in [0.25, 0.3) is 10.2 Å². The van der Waals surface area contributed by atoms with Gasteiger partial charge in [-0.1, -0.05) is 13.0 Å². The molecule has 3 rings (SSSR count). The Bertz CT molecular complexity index is 703. The zero-order chi connectivity index (χ0) is 13.9. The standard InChI is InChI=1S/C16H17N3S/c1-2-11-3-4-13(18-9-11)8-14(17)12-7-16-15(19-10-12)5-6-20-16/h3-7,9-10,14H,2,8,17H2,1H3. The first-order valence-corrected chi connectivity index (χ1v) is 7.66. The first-order valence-electron chi connectivity index (χ1n) is 6.79. The Labute approximate surface area is 122 Å². The minimum Gasteiger partial charge on any atom is -0.324 e. The number of rotatable bonds is 4. The highest BCUT2D eigenvalue weighted by Gasteiger charge is 2.10. The van der Waals surface area contributed by atoms with Crippen molar-refractivity contribution in [3.8, 4) is 0 Å². The molecule has 3 aromatic rings. The lowest BCUT2D eigenvalue weighted by Crippen LogP contribution is -2.14. The van der Waals surface area contributed by atoms with Gasteiger partial charge in [0.25, 0.3) is 0 Å². The van der Waals surface area contributed by atoms with E-state index in [1.54, 1.807) is 11.3 Å². The molecule has 0 fully saturated rings. The lowest BCUT2D eigenvalue weighted by Gasteiger charge is -2.11. The first-order chi connectivity index (χ1) is 9.76. The average molecular weight is 283 g/mol. The summed E-state index contributed by atoms with van der Waals surface area (Å²) in [6, 6.07) is 8.29. The summed E-state index contributed by atoms with van der Waals surface area (Å²) in [6.07, 6.45) is 5.56. The summed E-state index contributed by atoms with van der Waals surface area (Å²) in [4.78, 5) is 8.91. The molecule has 4 heteroatoms. The molecule has 0 aliphatic carbocycles. The van der Waals surface area contributed by atoms with Crippen LogP contribution in [0.1, 0.15) is 29.8 Å². The Balaban J connectivity index is 1.78. The molecule has 0 aliphatic rings. The van der Waals surface area contributed by atoms with Crippen molar-refractivity contribution in [1.82, 2.24) is 9.97 Å². The van der Waals surface area contributed by atoms with E-state index in [2.05, 4.69) is 40.5 Å². The van der Waals surface area contributed by atoms with E-state index >= 15 is 0 Å². The van der Waals surface area contributed by atoms with Crippen molar-refractivity contribution < 1.29 is 0 Å². The fourth-order valence-electron chi connectivity index (χ4n) is 2.19. The number of hydrogen-bond acceptors (Lipinski definition) is 4. The second-order valence-corrected chi connectivity index (χ2v) is 5.84. The maximum atomic E-state index is 6.28. The third-order valence-corrected chi connectivity index (χ3v) is 4.33. The Morgan fingerprint density at radius 2 is 2.10 bits per heavy atom. The van der Waals surface area contributed by atoms with Crippen LogP contribution in [-0.4, -0.2) is 9.97 Å². The molecule has 1 atom stereocenters. The van der Waals surface area contributed by atoms with Gasteiger partial charge in [0.2, 0.25) is 0 Å². The molecule has 0 saturated heterocycles. The van der Waals surface area contributed by atoms with Gasteiger partial charge in [-0.2, -0.15) is 0 Å². The van der Waals surface area contributed by atoms with Gasteiger partial charge in [0.15, 0.2) is 0 Å². The molecule has 3 aromatic heterocycles. The number of aryl methyl sites for hydroxylation is 1. The largest absolute Gasteiger partial charge is 0.324 e. The maximum Gasteiger partial charge on any atom is 0.0809 e.